The summed E-state index contributed by atoms with van der Waals surface area (Å²) >= 11 is 5.05. The number of amides is 1. The topological polar surface area (TPSA) is 42.2 Å². The molecule has 0 aliphatic carbocycles. The molecule has 1 N–H and O–H groups in total. The van der Waals surface area contributed by atoms with Crippen molar-refractivity contribution in [2.75, 3.05) is 11.5 Å². The molecule has 2 rings (SSSR count). The highest BCUT2D eigenvalue weighted by Crippen LogP contribution is 2.24. The van der Waals surface area contributed by atoms with E-state index in [9.17, 15) is 4.79 Å². The molecule has 0 bridgehead atoms. The van der Waals surface area contributed by atoms with E-state index in [1.54, 1.807) is 12.1 Å². The van der Waals surface area contributed by atoms with Crippen LogP contribution in [0.5, 0.6) is 0 Å². The van der Waals surface area contributed by atoms with Crippen molar-refractivity contribution in [1.29, 1.82) is 0 Å². The second-order valence-electron chi connectivity index (χ2n) is 3.70. The standard InChI is InChI=1S/C10H12BrNO2S/c1-6-4-15-5-7(6)12-10(13)8-2-3-9(11)14-8/h2-3,6-7H,4-5H2,1H3,(H,12,13). The minimum absolute atomic E-state index is 0.125. The second-order valence-corrected chi connectivity index (χ2v) is 5.55. The van der Waals surface area contributed by atoms with Gasteiger partial charge in [-0.3, -0.25) is 4.79 Å². The molecule has 2 unspecified atom stereocenters. The molecule has 1 saturated heterocycles. The molecule has 1 aromatic heterocycles. The minimum atomic E-state index is -0.125. The molecule has 5 heteroatoms. The van der Waals surface area contributed by atoms with Gasteiger partial charge in [-0.15, -0.1) is 0 Å². The van der Waals surface area contributed by atoms with Crippen LogP contribution in [-0.4, -0.2) is 23.5 Å². The van der Waals surface area contributed by atoms with Crippen molar-refractivity contribution in [1.82, 2.24) is 5.32 Å². The monoisotopic (exact) mass is 289 g/mol. The highest BCUT2D eigenvalue weighted by Gasteiger charge is 2.26. The third-order valence-electron chi connectivity index (χ3n) is 2.48. The van der Waals surface area contributed by atoms with Gasteiger partial charge in [0, 0.05) is 11.8 Å². The number of furan rings is 1. The molecule has 2 heterocycles. The summed E-state index contributed by atoms with van der Waals surface area (Å²) in [5, 5.41) is 2.98. The van der Waals surface area contributed by atoms with Gasteiger partial charge in [-0.05, 0) is 39.7 Å². The number of carbonyl (C=O) groups excluding carboxylic acids is 1. The second kappa shape index (κ2) is 4.61. The Labute approximate surface area is 101 Å². The molecule has 3 nitrogen and oxygen atoms in total. The first kappa shape index (κ1) is 11.1. The zero-order chi connectivity index (χ0) is 10.8. The molecular weight excluding hydrogens is 278 g/mol. The normalized spacial score (nSPS) is 25.5. The van der Waals surface area contributed by atoms with Gasteiger partial charge in [0.1, 0.15) is 0 Å². The predicted octanol–water partition coefficient (Wildman–Crippen LogP) is 2.52. The van der Waals surface area contributed by atoms with Crippen molar-refractivity contribution in [3.05, 3.63) is 22.6 Å². The van der Waals surface area contributed by atoms with E-state index < -0.39 is 0 Å². The third-order valence-corrected chi connectivity index (χ3v) is 4.26. The quantitative estimate of drug-likeness (QED) is 0.910. The van der Waals surface area contributed by atoms with E-state index in [1.807, 2.05) is 11.8 Å². The summed E-state index contributed by atoms with van der Waals surface area (Å²) in [5.41, 5.74) is 0. The van der Waals surface area contributed by atoms with Crippen LogP contribution in [-0.2, 0) is 0 Å². The molecular formula is C10H12BrNO2S. The fraction of sp³-hybridized carbons (Fsp3) is 0.500. The van der Waals surface area contributed by atoms with Gasteiger partial charge >= 0.3 is 0 Å². The van der Waals surface area contributed by atoms with E-state index in [0.29, 0.717) is 16.3 Å². The Kier molecular flexibility index (Phi) is 3.41. The Morgan fingerprint density at radius 3 is 2.93 bits per heavy atom. The van der Waals surface area contributed by atoms with E-state index in [4.69, 9.17) is 4.42 Å². The van der Waals surface area contributed by atoms with E-state index in [-0.39, 0.29) is 11.9 Å². The van der Waals surface area contributed by atoms with Crippen LogP contribution in [0.15, 0.2) is 21.2 Å². The molecule has 0 radical (unpaired) electrons. The lowest BCUT2D eigenvalue weighted by atomic mass is 10.1. The first-order valence-corrected chi connectivity index (χ1v) is 6.75. The molecule has 15 heavy (non-hydrogen) atoms. The Morgan fingerprint density at radius 1 is 1.60 bits per heavy atom. The fourth-order valence-corrected chi connectivity index (χ4v) is 3.23. The summed E-state index contributed by atoms with van der Waals surface area (Å²) in [7, 11) is 0. The summed E-state index contributed by atoms with van der Waals surface area (Å²) in [4.78, 5) is 11.7. The summed E-state index contributed by atoms with van der Waals surface area (Å²) in [6.45, 7) is 2.16. The number of hydrogen-bond donors (Lipinski definition) is 1. The average molecular weight is 290 g/mol. The van der Waals surface area contributed by atoms with E-state index in [1.165, 1.54) is 0 Å². The molecule has 1 fully saturated rings. The van der Waals surface area contributed by atoms with Crippen LogP contribution in [0.1, 0.15) is 17.5 Å². The summed E-state index contributed by atoms with van der Waals surface area (Å²) in [5.74, 6) is 2.89. The van der Waals surface area contributed by atoms with Gasteiger partial charge < -0.3 is 9.73 Å². The fourth-order valence-electron chi connectivity index (χ4n) is 1.52. The maximum atomic E-state index is 11.7. The summed E-state index contributed by atoms with van der Waals surface area (Å²) in [6, 6.07) is 3.67. The van der Waals surface area contributed by atoms with E-state index in [2.05, 4.69) is 28.2 Å². The number of hydrogen-bond acceptors (Lipinski definition) is 3. The molecule has 0 aromatic carbocycles. The number of rotatable bonds is 2. The van der Waals surface area contributed by atoms with Crippen molar-refractivity contribution in [2.45, 2.75) is 13.0 Å². The molecule has 1 amide bonds. The maximum Gasteiger partial charge on any atom is 0.287 e. The smallest absolute Gasteiger partial charge is 0.287 e. The highest BCUT2D eigenvalue weighted by atomic mass is 79.9. The zero-order valence-corrected chi connectivity index (χ0v) is 10.7. The highest BCUT2D eigenvalue weighted by molar-refractivity contribution is 9.10. The van der Waals surface area contributed by atoms with E-state index >= 15 is 0 Å². The maximum absolute atomic E-state index is 11.7. The lowest BCUT2D eigenvalue weighted by molar-refractivity contribution is 0.0904. The Morgan fingerprint density at radius 2 is 2.40 bits per heavy atom. The van der Waals surface area contributed by atoms with E-state index in [0.717, 1.165) is 11.5 Å². The Bertz CT molecular complexity index is 366. The minimum Gasteiger partial charge on any atom is -0.444 e. The summed E-state index contributed by atoms with van der Waals surface area (Å²) in [6.07, 6.45) is 0. The van der Waals surface area contributed by atoms with Gasteiger partial charge in [-0.1, -0.05) is 6.92 Å². The number of nitrogens with one attached hydrogen (secondary N) is 1. The van der Waals surface area contributed by atoms with Crippen molar-refractivity contribution in [2.24, 2.45) is 5.92 Å². The number of carbonyl (C=O) groups is 1. The first-order chi connectivity index (χ1) is 7.16. The molecule has 0 spiro atoms. The number of halogens is 1. The van der Waals surface area contributed by atoms with Crippen LogP contribution in [0.25, 0.3) is 0 Å². The largest absolute Gasteiger partial charge is 0.444 e. The van der Waals surface area contributed by atoms with Crippen molar-refractivity contribution in [3.63, 3.8) is 0 Å². The van der Waals surface area contributed by atoms with Gasteiger partial charge in [0.25, 0.3) is 5.91 Å². The van der Waals surface area contributed by atoms with Crippen molar-refractivity contribution >= 4 is 33.6 Å². The van der Waals surface area contributed by atoms with Crippen LogP contribution >= 0.6 is 27.7 Å². The third kappa shape index (κ3) is 2.58. The lowest BCUT2D eigenvalue weighted by Gasteiger charge is -2.15. The van der Waals surface area contributed by atoms with Crippen LogP contribution in [0.3, 0.4) is 0 Å². The first-order valence-electron chi connectivity index (χ1n) is 4.81. The van der Waals surface area contributed by atoms with Crippen molar-refractivity contribution in [3.8, 4) is 0 Å². The van der Waals surface area contributed by atoms with Gasteiger partial charge in [-0.2, -0.15) is 11.8 Å². The molecule has 1 aliphatic heterocycles. The predicted molar refractivity (Wildman–Crippen MR) is 64.2 cm³/mol. The van der Waals surface area contributed by atoms with Crippen LogP contribution in [0.4, 0.5) is 0 Å². The molecule has 1 aromatic rings. The van der Waals surface area contributed by atoms with Crippen LogP contribution in [0, 0.1) is 5.92 Å². The van der Waals surface area contributed by atoms with Crippen molar-refractivity contribution < 1.29 is 9.21 Å². The summed E-state index contributed by atoms with van der Waals surface area (Å²) < 4.78 is 5.77. The Balaban J connectivity index is 1.97. The van der Waals surface area contributed by atoms with Crippen LogP contribution in [0.2, 0.25) is 0 Å². The zero-order valence-electron chi connectivity index (χ0n) is 8.33. The van der Waals surface area contributed by atoms with Gasteiger partial charge in [0.15, 0.2) is 10.4 Å². The molecule has 0 saturated carbocycles. The Hall–Kier alpha value is -0.420. The average Bonchev–Trinajstić information content (AvgIpc) is 2.77. The van der Waals surface area contributed by atoms with Gasteiger partial charge in [-0.25, -0.2) is 0 Å². The van der Waals surface area contributed by atoms with Gasteiger partial charge in [0.05, 0.1) is 0 Å². The van der Waals surface area contributed by atoms with Gasteiger partial charge in [0.2, 0.25) is 0 Å². The SMILES string of the molecule is CC1CSCC1NC(=O)c1ccc(Br)o1. The molecule has 82 valence electrons. The van der Waals surface area contributed by atoms with Crippen LogP contribution < -0.4 is 5.32 Å². The molecule has 2 atom stereocenters. The molecule has 1 aliphatic rings. The lowest BCUT2D eigenvalue weighted by Crippen LogP contribution is -2.38. The number of thioether (sulfide) groups is 1.